The molecule has 1 fully saturated rings. The zero-order valence-electron chi connectivity index (χ0n) is 13.2. The van der Waals surface area contributed by atoms with Crippen LogP contribution in [0.2, 0.25) is 0 Å². The molecule has 1 aliphatic heterocycles. The summed E-state index contributed by atoms with van der Waals surface area (Å²) in [6.07, 6.45) is 1.81. The van der Waals surface area contributed by atoms with E-state index in [-0.39, 0.29) is 0 Å². The van der Waals surface area contributed by atoms with Crippen molar-refractivity contribution < 1.29 is 4.79 Å². The molecule has 21 heavy (non-hydrogen) atoms. The first kappa shape index (κ1) is 16.0. The van der Waals surface area contributed by atoms with Crippen LogP contribution in [0, 0.1) is 6.92 Å². The Bertz CT molecular complexity index is 424. The highest BCUT2D eigenvalue weighted by atomic mass is 16.1. The number of hydrogen-bond donors (Lipinski definition) is 1. The van der Waals surface area contributed by atoms with E-state index < -0.39 is 0 Å². The van der Waals surface area contributed by atoms with Gasteiger partial charge in [0.05, 0.1) is 0 Å². The lowest BCUT2D eigenvalue weighted by molar-refractivity contribution is -0.109. The first-order chi connectivity index (χ1) is 10.2. The van der Waals surface area contributed by atoms with Crippen LogP contribution in [0.4, 0.5) is 0 Å². The lowest BCUT2D eigenvalue weighted by Crippen LogP contribution is -2.49. The van der Waals surface area contributed by atoms with E-state index in [0.29, 0.717) is 6.04 Å². The molecule has 0 saturated carbocycles. The molecule has 1 N–H and O–H groups in total. The fourth-order valence-corrected chi connectivity index (χ4v) is 2.85. The number of benzene rings is 1. The van der Waals surface area contributed by atoms with Gasteiger partial charge in [-0.1, -0.05) is 29.8 Å². The van der Waals surface area contributed by atoms with Crippen molar-refractivity contribution in [2.24, 2.45) is 0 Å². The molecule has 0 radical (unpaired) electrons. The Hall–Kier alpha value is -1.39. The highest BCUT2D eigenvalue weighted by Crippen LogP contribution is 2.12. The summed E-state index contributed by atoms with van der Waals surface area (Å²) in [5.41, 5.74) is 2.72. The molecule has 4 nitrogen and oxygen atoms in total. The van der Waals surface area contributed by atoms with Gasteiger partial charge in [0.2, 0.25) is 6.41 Å². The molecule has 0 bridgehead atoms. The van der Waals surface area contributed by atoms with E-state index in [1.165, 1.54) is 11.1 Å². The van der Waals surface area contributed by atoms with Gasteiger partial charge in [-0.3, -0.25) is 14.6 Å². The molecule has 1 aliphatic rings. The minimum atomic E-state index is 0.541. The predicted octanol–water partition coefficient (Wildman–Crippen LogP) is 1.64. The van der Waals surface area contributed by atoms with Crippen LogP contribution >= 0.6 is 0 Å². The van der Waals surface area contributed by atoms with Gasteiger partial charge in [0.25, 0.3) is 0 Å². The average molecular weight is 289 g/mol. The summed E-state index contributed by atoms with van der Waals surface area (Å²) in [6.45, 7) is 10.7. The molecule has 1 unspecified atom stereocenters. The van der Waals surface area contributed by atoms with E-state index in [1.54, 1.807) is 0 Å². The summed E-state index contributed by atoms with van der Waals surface area (Å²) >= 11 is 0. The van der Waals surface area contributed by atoms with Crippen molar-refractivity contribution in [1.29, 1.82) is 0 Å². The Balaban J connectivity index is 1.72. The van der Waals surface area contributed by atoms with Crippen molar-refractivity contribution in [3.05, 3.63) is 35.4 Å². The molecule has 0 aromatic heterocycles. The Morgan fingerprint density at radius 3 is 2.48 bits per heavy atom. The molecular weight excluding hydrogens is 262 g/mol. The second kappa shape index (κ2) is 8.15. The van der Waals surface area contributed by atoms with Crippen LogP contribution in [0.25, 0.3) is 0 Å². The Morgan fingerprint density at radius 2 is 1.86 bits per heavy atom. The van der Waals surface area contributed by atoms with Gasteiger partial charge in [0.1, 0.15) is 0 Å². The molecule has 1 aromatic carbocycles. The third kappa shape index (κ3) is 5.14. The van der Waals surface area contributed by atoms with Gasteiger partial charge >= 0.3 is 0 Å². The van der Waals surface area contributed by atoms with E-state index in [9.17, 15) is 4.79 Å². The van der Waals surface area contributed by atoms with Gasteiger partial charge in [-0.15, -0.1) is 0 Å². The van der Waals surface area contributed by atoms with Crippen molar-refractivity contribution in [1.82, 2.24) is 15.1 Å². The summed E-state index contributed by atoms with van der Waals surface area (Å²) in [5.74, 6) is 0. The largest absolute Gasteiger partial charge is 0.359 e. The molecule has 1 aromatic rings. The standard InChI is InChI=1S/C17H27N3O/c1-15-3-5-17(6-4-15)13-19-9-11-20(12-10-19)16(2)7-8-18-14-21/h3-6,14,16H,7-13H2,1-2H3,(H,18,21). The van der Waals surface area contributed by atoms with Crippen LogP contribution in [-0.4, -0.2) is 55.0 Å². The second-order valence-electron chi connectivity index (χ2n) is 6.01. The van der Waals surface area contributed by atoms with Crippen LogP contribution in [0.3, 0.4) is 0 Å². The zero-order valence-corrected chi connectivity index (χ0v) is 13.2. The minimum Gasteiger partial charge on any atom is -0.359 e. The number of amides is 1. The van der Waals surface area contributed by atoms with Crippen molar-refractivity contribution in [3.8, 4) is 0 Å². The number of aryl methyl sites for hydroxylation is 1. The summed E-state index contributed by atoms with van der Waals surface area (Å²) in [5, 5.41) is 2.75. The molecule has 1 amide bonds. The molecular formula is C17H27N3O. The van der Waals surface area contributed by atoms with Gasteiger partial charge in [-0.2, -0.15) is 0 Å². The molecule has 116 valence electrons. The van der Waals surface area contributed by atoms with E-state index in [1.807, 2.05) is 0 Å². The van der Waals surface area contributed by atoms with E-state index >= 15 is 0 Å². The lowest BCUT2D eigenvalue weighted by atomic mass is 10.1. The smallest absolute Gasteiger partial charge is 0.207 e. The maximum atomic E-state index is 10.3. The van der Waals surface area contributed by atoms with Gasteiger partial charge in [-0.05, 0) is 25.8 Å². The van der Waals surface area contributed by atoms with E-state index in [0.717, 1.165) is 52.1 Å². The summed E-state index contributed by atoms with van der Waals surface area (Å²) in [4.78, 5) is 15.3. The number of nitrogens with zero attached hydrogens (tertiary/aromatic N) is 2. The molecule has 2 rings (SSSR count). The quantitative estimate of drug-likeness (QED) is 0.612. The first-order valence-electron chi connectivity index (χ1n) is 7.88. The van der Waals surface area contributed by atoms with Crippen molar-refractivity contribution in [2.75, 3.05) is 32.7 Å². The Kier molecular flexibility index (Phi) is 6.21. The summed E-state index contributed by atoms with van der Waals surface area (Å²) < 4.78 is 0. The van der Waals surface area contributed by atoms with Gasteiger partial charge < -0.3 is 5.32 Å². The van der Waals surface area contributed by atoms with Gasteiger partial charge in [0, 0.05) is 45.3 Å². The summed E-state index contributed by atoms with van der Waals surface area (Å²) in [6, 6.07) is 9.38. The maximum Gasteiger partial charge on any atom is 0.207 e. The zero-order chi connectivity index (χ0) is 15.1. The van der Waals surface area contributed by atoms with E-state index in [2.05, 4.69) is 53.2 Å². The van der Waals surface area contributed by atoms with Crippen LogP contribution in [0.5, 0.6) is 0 Å². The van der Waals surface area contributed by atoms with Crippen LogP contribution < -0.4 is 5.32 Å². The molecule has 1 heterocycles. The lowest BCUT2D eigenvalue weighted by Gasteiger charge is -2.38. The number of nitrogens with one attached hydrogen (secondary N) is 1. The van der Waals surface area contributed by atoms with Crippen LogP contribution in [0.1, 0.15) is 24.5 Å². The Labute approximate surface area is 128 Å². The maximum absolute atomic E-state index is 10.3. The van der Waals surface area contributed by atoms with Crippen LogP contribution in [-0.2, 0) is 11.3 Å². The topological polar surface area (TPSA) is 35.6 Å². The normalized spacial score (nSPS) is 18.4. The monoisotopic (exact) mass is 289 g/mol. The van der Waals surface area contributed by atoms with Crippen molar-refractivity contribution in [3.63, 3.8) is 0 Å². The third-order valence-electron chi connectivity index (χ3n) is 4.35. The highest BCUT2D eigenvalue weighted by Gasteiger charge is 2.20. The molecule has 0 aliphatic carbocycles. The third-order valence-corrected chi connectivity index (χ3v) is 4.35. The average Bonchev–Trinajstić information content (AvgIpc) is 2.50. The Morgan fingerprint density at radius 1 is 1.19 bits per heavy atom. The number of rotatable bonds is 7. The molecule has 1 atom stereocenters. The SMILES string of the molecule is Cc1ccc(CN2CCN(C(C)CCNC=O)CC2)cc1. The highest BCUT2D eigenvalue weighted by molar-refractivity contribution is 5.45. The number of carbonyl (C=O) groups excluding carboxylic acids is 1. The molecule has 4 heteroatoms. The fourth-order valence-electron chi connectivity index (χ4n) is 2.85. The number of carbonyl (C=O) groups is 1. The molecule has 1 saturated heterocycles. The van der Waals surface area contributed by atoms with Crippen molar-refractivity contribution >= 4 is 6.41 Å². The van der Waals surface area contributed by atoms with E-state index in [4.69, 9.17) is 0 Å². The number of piperazine rings is 1. The summed E-state index contributed by atoms with van der Waals surface area (Å²) in [7, 11) is 0. The van der Waals surface area contributed by atoms with Gasteiger partial charge in [0.15, 0.2) is 0 Å². The number of hydrogen-bond acceptors (Lipinski definition) is 3. The molecule has 0 spiro atoms. The van der Waals surface area contributed by atoms with Crippen molar-refractivity contribution in [2.45, 2.75) is 32.9 Å². The first-order valence-corrected chi connectivity index (χ1v) is 7.88. The van der Waals surface area contributed by atoms with Crippen LogP contribution in [0.15, 0.2) is 24.3 Å². The minimum absolute atomic E-state index is 0.541. The predicted molar refractivity (Wildman–Crippen MR) is 86.2 cm³/mol. The second-order valence-corrected chi connectivity index (χ2v) is 6.01. The van der Waals surface area contributed by atoms with Gasteiger partial charge in [-0.25, -0.2) is 0 Å². The fraction of sp³-hybridized carbons (Fsp3) is 0.588.